The summed E-state index contributed by atoms with van der Waals surface area (Å²) in [7, 11) is 0. The van der Waals surface area contributed by atoms with E-state index >= 15 is 0 Å². The molecule has 0 aliphatic rings. The molecule has 1 aromatic rings. The molecule has 22 heavy (non-hydrogen) atoms. The molecule has 122 valence electrons. The second kappa shape index (κ2) is 7.77. The number of alkyl carbamates (subject to hydrolysis) is 1. The van der Waals surface area contributed by atoms with E-state index in [1.54, 1.807) is 32.9 Å². The molecule has 2 amide bonds. The number of hydrogen-bond acceptors (Lipinski definition) is 3. The van der Waals surface area contributed by atoms with Gasteiger partial charge in [0, 0.05) is 13.1 Å². The summed E-state index contributed by atoms with van der Waals surface area (Å²) in [4.78, 5) is 25.2. The molecule has 0 radical (unpaired) electrons. The predicted octanol–water partition coefficient (Wildman–Crippen LogP) is 2.70. The number of hydrogen-bond donors (Lipinski definition) is 1. The lowest BCUT2D eigenvalue weighted by Gasteiger charge is -2.23. The highest BCUT2D eigenvalue weighted by molar-refractivity contribution is 5.82. The Balaban J connectivity index is 2.53. The van der Waals surface area contributed by atoms with Crippen molar-refractivity contribution in [2.24, 2.45) is 0 Å². The molecule has 0 spiro atoms. The van der Waals surface area contributed by atoms with Crippen molar-refractivity contribution in [1.82, 2.24) is 10.2 Å². The van der Waals surface area contributed by atoms with Gasteiger partial charge in [-0.2, -0.15) is 0 Å². The van der Waals surface area contributed by atoms with Crippen LogP contribution in [0.5, 0.6) is 0 Å². The number of likely N-dealkylation sites (N-methyl/N-ethyl adjacent to an activating group) is 1. The molecule has 0 bridgehead atoms. The van der Waals surface area contributed by atoms with Gasteiger partial charge in [-0.05, 0) is 45.4 Å². The van der Waals surface area contributed by atoms with Crippen molar-refractivity contribution in [2.75, 3.05) is 13.1 Å². The first-order valence-corrected chi connectivity index (χ1v) is 7.20. The maximum absolute atomic E-state index is 13.2. The third kappa shape index (κ3) is 6.56. The number of benzene rings is 1. The molecule has 6 heteroatoms. The second-order valence-electron chi connectivity index (χ2n) is 5.89. The minimum absolute atomic E-state index is 0.155. The van der Waals surface area contributed by atoms with Crippen LogP contribution in [-0.2, 0) is 16.1 Å². The number of nitrogens with one attached hydrogen (secondary N) is 1. The normalized spacial score (nSPS) is 11.0. The highest BCUT2D eigenvalue weighted by Crippen LogP contribution is 2.08. The van der Waals surface area contributed by atoms with Gasteiger partial charge in [-0.1, -0.05) is 12.1 Å². The molecule has 0 heterocycles. The molecule has 0 aliphatic carbocycles. The molecule has 1 rings (SSSR count). The quantitative estimate of drug-likeness (QED) is 0.909. The van der Waals surface area contributed by atoms with Gasteiger partial charge in [-0.15, -0.1) is 0 Å². The molecule has 0 atom stereocenters. The van der Waals surface area contributed by atoms with Gasteiger partial charge in [0.05, 0.1) is 0 Å². The minimum Gasteiger partial charge on any atom is -0.444 e. The summed E-state index contributed by atoms with van der Waals surface area (Å²) in [6, 6.07) is 6.09. The summed E-state index contributed by atoms with van der Waals surface area (Å²) >= 11 is 0. The largest absolute Gasteiger partial charge is 0.444 e. The number of amides is 2. The first-order valence-electron chi connectivity index (χ1n) is 7.20. The SMILES string of the molecule is CCN(Cc1cccc(F)c1)C(=O)CNC(=O)OC(C)(C)C. The summed E-state index contributed by atoms with van der Waals surface area (Å²) in [5.41, 5.74) is 0.0894. The van der Waals surface area contributed by atoms with E-state index in [2.05, 4.69) is 5.32 Å². The van der Waals surface area contributed by atoms with E-state index in [0.717, 1.165) is 0 Å². The van der Waals surface area contributed by atoms with Gasteiger partial charge in [0.25, 0.3) is 0 Å². The van der Waals surface area contributed by atoms with Gasteiger partial charge >= 0.3 is 6.09 Å². The molecule has 0 saturated heterocycles. The van der Waals surface area contributed by atoms with Crippen molar-refractivity contribution in [3.63, 3.8) is 0 Å². The first-order chi connectivity index (χ1) is 10.2. The number of nitrogens with zero attached hydrogens (tertiary/aromatic N) is 1. The van der Waals surface area contributed by atoms with Gasteiger partial charge in [-0.25, -0.2) is 9.18 Å². The first kappa shape index (κ1) is 17.9. The number of rotatable bonds is 5. The van der Waals surface area contributed by atoms with E-state index in [0.29, 0.717) is 18.7 Å². The Morgan fingerprint density at radius 2 is 2.00 bits per heavy atom. The number of ether oxygens (including phenoxy) is 1. The summed E-state index contributed by atoms with van der Waals surface area (Å²) in [5, 5.41) is 2.42. The van der Waals surface area contributed by atoms with Crippen LogP contribution in [0.2, 0.25) is 0 Å². The Kier molecular flexibility index (Phi) is 6.34. The van der Waals surface area contributed by atoms with E-state index in [1.165, 1.54) is 17.0 Å². The molecule has 0 aromatic heterocycles. The molecule has 0 fully saturated rings. The van der Waals surface area contributed by atoms with Crippen LogP contribution in [0.4, 0.5) is 9.18 Å². The third-order valence-electron chi connectivity index (χ3n) is 2.78. The lowest BCUT2D eigenvalue weighted by molar-refractivity contribution is -0.130. The molecule has 5 nitrogen and oxygen atoms in total. The van der Waals surface area contributed by atoms with Crippen molar-refractivity contribution >= 4 is 12.0 Å². The predicted molar refractivity (Wildman–Crippen MR) is 81.7 cm³/mol. The van der Waals surface area contributed by atoms with Crippen LogP contribution < -0.4 is 5.32 Å². The molecule has 1 aromatic carbocycles. The van der Waals surface area contributed by atoms with Gasteiger partial charge in [0.1, 0.15) is 18.0 Å². The average Bonchev–Trinajstić information content (AvgIpc) is 2.40. The van der Waals surface area contributed by atoms with Crippen LogP contribution in [0.15, 0.2) is 24.3 Å². The van der Waals surface area contributed by atoms with E-state index in [9.17, 15) is 14.0 Å². The minimum atomic E-state index is -0.636. The summed E-state index contributed by atoms with van der Waals surface area (Å²) < 4.78 is 18.2. The smallest absolute Gasteiger partial charge is 0.408 e. The molecular weight excluding hydrogens is 287 g/mol. The average molecular weight is 310 g/mol. The van der Waals surface area contributed by atoms with Gasteiger partial charge in [-0.3, -0.25) is 4.79 Å². The van der Waals surface area contributed by atoms with Gasteiger partial charge in [0.15, 0.2) is 0 Å². The topological polar surface area (TPSA) is 58.6 Å². The maximum Gasteiger partial charge on any atom is 0.408 e. The summed E-state index contributed by atoms with van der Waals surface area (Å²) in [6.45, 7) is 7.67. The molecule has 1 N–H and O–H groups in total. The Bertz CT molecular complexity index is 526. The third-order valence-corrected chi connectivity index (χ3v) is 2.78. The fourth-order valence-electron chi connectivity index (χ4n) is 1.81. The second-order valence-corrected chi connectivity index (χ2v) is 5.89. The highest BCUT2D eigenvalue weighted by Gasteiger charge is 2.18. The lowest BCUT2D eigenvalue weighted by atomic mass is 10.2. The van der Waals surface area contributed by atoms with Crippen LogP contribution in [-0.4, -0.2) is 35.6 Å². The van der Waals surface area contributed by atoms with E-state index in [1.807, 2.05) is 6.92 Å². The molecule has 0 saturated carbocycles. The van der Waals surface area contributed by atoms with Crippen LogP contribution in [0.25, 0.3) is 0 Å². The summed E-state index contributed by atoms with van der Waals surface area (Å²) in [6.07, 6.45) is -0.636. The zero-order valence-corrected chi connectivity index (χ0v) is 13.5. The van der Waals surface area contributed by atoms with Crippen molar-refractivity contribution in [3.05, 3.63) is 35.6 Å². The Morgan fingerprint density at radius 1 is 1.32 bits per heavy atom. The van der Waals surface area contributed by atoms with Crippen LogP contribution >= 0.6 is 0 Å². The molecular formula is C16H23FN2O3. The lowest BCUT2D eigenvalue weighted by Crippen LogP contribution is -2.41. The number of carbonyl (C=O) groups is 2. The van der Waals surface area contributed by atoms with E-state index in [4.69, 9.17) is 4.74 Å². The van der Waals surface area contributed by atoms with Crippen molar-refractivity contribution in [1.29, 1.82) is 0 Å². The fraction of sp³-hybridized carbons (Fsp3) is 0.500. The zero-order chi connectivity index (χ0) is 16.8. The highest BCUT2D eigenvalue weighted by atomic mass is 19.1. The van der Waals surface area contributed by atoms with E-state index < -0.39 is 11.7 Å². The van der Waals surface area contributed by atoms with Crippen LogP contribution in [0.1, 0.15) is 33.3 Å². The standard InChI is InChI=1S/C16H23FN2O3/c1-5-19(11-12-7-6-8-13(17)9-12)14(20)10-18-15(21)22-16(2,3)4/h6-9H,5,10-11H2,1-4H3,(H,18,21). The fourth-order valence-corrected chi connectivity index (χ4v) is 1.81. The van der Waals surface area contributed by atoms with Crippen molar-refractivity contribution < 1.29 is 18.7 Å². The maximum atomic E-state index is 13.2. The number of carbonyl (C=O) groups excluding carboxylic acids is 2. The number of halogens is 1. The summed E-state index contributed by atoms with van der Waals surface area (Å²) in [5.74, 6) is -0.592. The van der Waals surface area contributed by atoms with Crippen LogP contribution in [0.3, 0.4) is 0 Å². The Hall–Kier alpha value is -2.11. The van der Waals surface area contributed by atoms with Crippen molar-refractivity contribution in [2.45, 2.75) is 39.8 Å². The van der Waals surface area contributed by atoms with Crippen LogP contribution in [0, 0.1) is 5.82 Å². The zero-order valence-electron chi connectivity index (χ0n) is 13.5. The molecule has 0 aliphatic heterocycles. The monoisotopic (exact) mass is 310 g/mol. The Labute approximate surface area is 130 Å². The Morgan fingerprint density at radius 3 is 2.55 bits per heavy atom. The molecule has 0 unspecified atom stereocenters. The van der Waals surface area contributed by atoms with Crippen molar-refractivity contribution in [3.8, 4) is 0 Å². The van der Waals surface area contributed by atoms with Gasteiger partial charge in [0.2, 0.25) is 5.91 Å². The van der Waals surface area contributed by atoms with E-state index in [-0.39, 0.29) is 18.3 Å². The van der Waals surface area contributed by atoms with Gasteiger partial charge < -0.3 is 15.0 Å².